The largest absolute Gasteiger partial charge is 0.465 e. The summed E-state index contributed by atoms with van der Waals surface area (Å²) < 4.78 is 10.7. The van der Waals surface area contributed by atoms with Gasteiger partial charge < -0.3 is 9.15 Å². The van der Waals surface area contributed by atoms with Crippen LogP contribution < -0.4 is 0 Å². The predicted octanol–water partition coefficient (Wildman–Crippen LogP) is 6.43. The highest BCUT2D eigenvalue weighted by Crippen LogP contribution is 2.35. The van der Waals surface area contributed by atoms with E-state index in [4.69, 9.17) is 9.15 Å². The lowest BCUT2D eigenvalue weighted by Gasteiger charge is -2.14. The fraction of sp³-hybridized carbons (Fsp3) is 0.107. The summed E-state index contributed by atoms with van der Waals surface area (Å²) in [6, 6.07) is 22.5. The number of benzene rings is 3. The molecule has 35 heavy (non-hydrogen) atoms. The van der Waals surface area contributed by atoms with Crippen molar-refractivity contribution in [3.05, 3.63) is 100 Å². The van der Waals surface area contributed by atoms with Gasteiger partial charge in [-0.2, -0.15) is 0 Å². The van der Waals surface area contributed by atoms with Crippen LogP contribution in [0, 0.1) is 6.92 Å². The van der Waals surface area contributed by atoms with E-state index in [9.17, 15) is 14.4 Å². The number of aryl methyl sites for hydroxylation is 1. The van der Waals surface area contributed by atoms with Gasteiger partial charge >= 0.3 is 5.97 Å². The van der Waals surface area contributed by atoms with Gasteiger partial charge in [0.25, 0.3) is 11.1 Å². The number of ether oxygens (including phenoxy) is 1. The van der Waals surface area contributed by atoms with E-state index in [1.807, 2.05) is 49.4 Å². The van der Waals surface area contributed by atoms with Crippen LogP contribution in [0.3, 0.4) is 0 Å². The SMILES string of the molecule is COC(=O)c1ccc(-c2ccc(/C=C3/SC(=O)N(Cc4cccc5ccccc45)C3=O)o2)c(C)c1. The third-order valence-corrected chi connectivity index (χ3v) is 6.80. The first-order valence-electron chi connectivity index (χ1n) is 11.0. The highest BCUT2D eigenvalue weighted by atomic mass is 32.2. The highest BCUT2D eigenvalue weighted by Gasteiger charge is 2.35. The first kappa shape index (κ1) is 22.7. The van der Waals surface area contributed by atoms with Gasteiger partial charge in [-0.1, -0.05) is 48.5 Å². The number of carbonyl (C=O) groups is 3. The Morgan fingerprint density at radius 1 is 1.03 bits per heavy atom. The lowest BCUT2D eigenvalue weighted by atomic mass is 10.0. The molecule has 2 amide bonds. The topological polar surface area (TPSA) is 76.8 Å². The van der Waals surface area contributed by atoms with Crippen LogP contribution in [0.2, 0.25) is 0 Å². The molecule has 0 aliphatic carbocycles. The Labute approximate surface area is 206 Å². The van der Waals surface area contributed by atoms with Gasteiger partial charge in [-0.05, 0) is 64.9 Å². The molecule has 0 bridgehead atoms. The smallest absolute Gasteiger partial charge is 0.337 e. The number of methoxy groups -OCH3 is 1. The van der Waals surface area contributed by atoms with Gasteiger partial charge in [0.1, 0.15) is 11.5 Å². The molecule has 0 N–H and O–H groups in total. The van der Waals surface area contributed by atoms with Crippen LogP contribution in [0.15, 0.2) is 82.1 Å². The van der Waals surface area contributed by atoms with Crippen molar-refractivity contribution in [3.63, 3.8) is 0 Å². The van der Waals surface area contributed by atoms with E-state index in [1.54, 1.807) is 36.4 Å². The van der Waals surface area contributed by atoms with Crippen molar-refractivity contribution in [3.8, 4) is 11.3 Å². The maximum Gasteiger partial charge on any atom is 0.337 e. The number of esters is 1. The minimum absolute atomic E-state index is 0.207. The van der Waals surface area contributed by atoms with E-state index < -0.39 is 5.97 Å². The van der Waals surface area contributed by atoms with E-state index in [1.165, 1.54) is 12.0 Å². The summed E-state index contributed by atoms with van der Waals surface area (Å²) in [4.78, 5) is 39.1. The van der Waals surface area contributed by atoms with E-state index in [-0.39, 0.29) is 17.7 Å². The van der Waals surface area contributed by atoms with Crippen molar-refractivity contribution in [2.75, 3.05) is 7.11 Å². The summed E-state index contributed by atoms with van der Waals surface area (Å²) in [7, 11) is 1.34. The molecule has 6 nitrogen and oxygen atoms in total. The summed E-state index contributed by atoms with van der Waals surface area (Å²) >= 11 is 0.904. The normalized spacial score (nSPS) is 14.8. The lowest BCUT2D eigenvalue weighted by molar-refractivity contribution is -0.123. The molecule has 7 heteroatoms. The van der Waals surface area contributed by atoms with Crippen molar-refractivity contribution in [1.29, 1.82) is 0 Å². The molecule has 0 radical (unpaired) electrons. The zero-order valence-electron chi connectivity index (χ0n) is 19.1. The Morgan fingerprint density at radius 3 is 2.63 bits per heavy atom. The maximum absolute atomic E-state index is 13.1. The van der Waals surface area contributed by atoms with Crippen molar-refractivity contribution < 1.29 is 23.5 Å². The van der Waals surface area contributed by atoms with Gasteiger partial charge in [0.2, 0.25) is 0 Å². The third-order valence-electron chi connectivity index (χ3n) is 5.90. The summed E-state index contributed by atoms with van der Waals surface area (Å²) in [6.45, 7) is 2.08. The molecule has 1 aliphatic heterocycles. The lowest BCUT2D eigenvalue weighted by Crippen LogP contribution is -2.27. The molecule has 1 aromatic heterocycles. The minimum Gasteiger partial charge on any atom is -0.465 e. The second kappa shape index (κ2) is 9.27. The fourth-order valence-corrected chi connectivity index (χ4v) is 4.94. The Balaban J connectivity index is 1.37. The Morgan fingerprint density at radius 2 is 1.83 bits per heavy atom. The van der Waals surface area contributed by atoms with Crippen molar-refractivity contribution in [2.45, 2.75) is 13.5 Å². The Bertz CT molecular complexity index is 1510. The molecule has 0 spiro atoms. The van der Waals surface area contributed by atoms with E-state index in [0.29, 0.717) is 22.0 Å². The zero-order valence-corrected chi connectivity index (χ0v) is 19.9. The molecule has 3 aromatic carbocycles. The van der Waals surface area contributed by atoms with E-state index in [0.717, 1.165) is 39.2 Å². The second-order valence-electron chi connectivity index (χ2n) is 8.13. The average Bonchev–Trinajstić information content (AvgIpc) is 3.43. The number of amides is 2. The van der Waals surface area contributed by atoms with Gasteiger partial charge in [-0.3, -0.25) is 14.5 Å². The van der Waals surface area contributed by atoms with Gasteiger partial charge in [0, 0.05) is 11.6 Å². The summed E-state index contributed by atoms with van der Waals surface area (Å²) in [5.41, 5.74) is 3.05. The van der Waals surface area contributed by atoms with Crippen molar-refractivity contribution >= 4 is 45.7 Å². The monoisotopic (exact) mass is 483 g/mol. The number of fused-ring (bicyclic) bond motifs is 1. The molecule has 0 atom stereocenters. The fourth-order valence-electron chi connectivity index (χ4n) is 4.13. The molecule has 4 aromatic rings. The predicted molar refractivity (Wildman–Crippen MR) is 136 cm³/mol. The standard InChI is InChI=1S/C28H21NO5S/c1-17-14-19(27(31)33-2)10-12-22(17)24-13-11-21(34-24)15-25-26(30)29(28(32)35-25)16-20-8-5-7-18-6-3-4-9-23(18)20/h3-15H,16H2,1-2H3/b25-15+. The number of rotatable bonds is 5. The molecule has 1 aliphatic rings. The first-order valence-corrected chi connectivity index (χ1v) is 11.8. The zero-order chi connectivity index (χ0) is 24.5. The first-order chi connectivity index (χ1) is 16.9. The van der Waals surface area contributed by atoms with Gasteiger partial charge in [0.05, 0.1) is 24.1 Å². The number of hydrogen-bond donors (Lipinski definition) is 0. The molecule has 1 fully saturated rings. The van der Waals surface area contributed by atoms with Crippen molar-refractivity contribution in [1.82, 2.24) is 4.90 Å². The summed E-state index contributed by atoms with van der Waals surface area (Å²) in [5, 5.41) is 1.77. The highest BCUT2D eigenvalue weighted by molar-refractivity contribution is 8.18. The Hall–Kier alpha value is -4.10. The van der Waals surface area contributed by atoms with Crippen molar-refractivity contribution in [2.24, 2.45) is 0 Å². The molecule has 0 unspecified atom stereocenters. The average molecular weight is 484 g/mol. The number of thioether (sulfide) groups is 1. The summed E-state index contributed by atoms with van der Waals surface area (Å²) in [5.74, 6) is 0.316. The van der Waals surface area contributed by atoms with Crippen LogP contribution in [-0.4, -0.2) is 29.1 Å². The van der Waals surface area contributed by atoms with Crippen LogP contribution in [0.25, 0.3) is 28.2 Å². The molecule has 0 saturated carbocycles. The van der Waals surface area contributed by atoms with E-state index in [2.05, 4.69) is 0 Å². The van der Waals surface area contributed by atoms with Gasteiger partial charge in [-0.25, -0.2) is 4.79 Å². The number of nitrogens with zero attached hydrogens (tertiary/aromatic N) is 1. The quantitative estimate of drug-likeness (QED) is 0.240. The number of carbonyl (C=O) groups excluding carboxylic acids is 3. The second-order valence-corrected chi connectivity index (χ2v) is 9.12. The maximum atomic E-state index is 13.1. The van der Waals surface area contributed by atoms with Crippen LogP contribution >= 0.6 is 11.8 Å². The van der Waals surface area contributed by atoms with Gasteiger partial charge in [0.15, 0.2) is 0 Å². The molecule has 5 rings (SSSR count). The summed E-state index contributed by atoms with van der Waals surface area (Å²) in [6.07, 6.45) is 1.59. The molecule has 1 saturated heterocycles. The van der Waals surface area contributed by atoms with Gasteiger partial charge in [-0.15, -0.1) is 0 Å². The van der Waals surface area contributed by atoms with E-state index >= 15 is 0 Å². The Kier molecular flexibility index (Phi) is 6.01. The number of furan rings is 1. The third kappa shape index (κ3) is 4.38. The molecular weight excluding hydrogens is 462 g/mol. The number of imide groups is 1. The number of hydrogen-bond acceptors (Lipinski definition) is 6. The van der Waals surface area contributed by atoms with Crippen LogP contribution in [0.5, 0.6) is 0 Å². The van der Waals surface area contributed by atoms with Crippen LogP contribution in [-0.2, 0) is 16.1 Å². The molecule has 174 valence electrons. The molecule has 2 heterocycles. The van der Waals surface area contributed by atoms with Crippen LogP contribution in [0.4, 0.5) is 4.79 Å². The minimum atomic E-state index is -0.404. The van der Waals surface area contributed by atoms with Crippen LogP contribution in [0.1, 0.15) is 27.2 Å². The molecular formula is C28H21NO5S.